The number of nitrogens with zero attached hydrogens (tertiary/aromatic N) is 3. The molecule has 0 radical (unpaired) electrons. The van der Waals surface area contributed by atoms with Crippen molar-refractivity contribution in [2.45, 2.75) is 39.7 Å². The Balaban J connectivity index is 1.79. The normalized spacial score (nSPS) is 22.4. The Hall–Kier alpha value is -1.92. The predicted molar refractivity (Wildman–Crippen MR) is 99.4 cm³/mol. The van der Waals surface area contributed by atoms with E-state index in [1.165, 1.54) is 28.9 Å². The Morgan fingerprint density at radius 1 is 1.20 bits per heavy atom. The van der Waals surface area contributed by atoms with Crippen molar-refractivity contribution in [2.75, 3.05) is 13.1 Å². The Morgan fingerprint density at radius 3 is 2.52 bits per heavy atom. The summed E-state index contributed by atoms with van der Waals surface area (Å²) in [6, 6.07) is 8.86. The zero-order valence-corrected chi connectivity index (χ0v) is 15.8. The Morgan fingerprint density at radius 2 is 1.88 bits per heavy atom. The second kappa shape index (κ2) is 6.42. The maximum absolute atomic E-state index is 10.8. The number of fused-ring (bicyclic) bond motifs is 1. The molecule has 25 heavy (non-hydrogen) atoms. The van der Waals surface area contributed by atoms with E-state index in [9.17, 15) is 5.11 Å². The van der Waals surface area contributed by atoms with Crippen LogP contribution >= 0.6 is 11.3 Å². The molecular formula is C19H25N4OS+. The number of aryl methyl sites for hydroxylation is 2. The van der Waals surface area contributed by atoms with Gasteiger partial charge in [-0.05, 0) is 32.6 Å². The second-order valence-electron chi connectivity index (χ2n) is 7.33. The minimum Gasteiger partial charge on any atom is -0.492 e. The van der Waals surface area contributed by atoms with Gasteiger partial charge in [-0.2, -0.15) is 4.52 Å². The van der Waals surface area contributed by atoms with Gasteiger partial charge in [0.25, 0.3) is 0 Å². The molecule has 3 aromatic rings. The standard InChI is InChI=1S/C19H24N4OS/c1-12-4-6-15(7-5-12)16(22-10-8-13(2)9-11-22)17-18(24)23-19(25-17)20-14(3)21-23/h4-7,13,16,24H,8-11H2,1-3H3/p+1/t16-/m1/s1. The van der Waals surface area contributed by atoms with Gasteiger partial charge in [0.1, 0.15) is 10.7 Å². The second-order valence-corrected chi connectivity index (χ2v) is 8.34. The van der Waals surface area contributed by atoms with Crippen LogP contribution in [0.2, 0.25) is 0 Å². The molecule has 2 N–H and O–H groups in total. The van der Waals surface area contributed by atoms with Crippen LogP contribution in [0, 0.1) is 19.8 Å². The molecule has 4 rings (SSSR count). The first-order valence-corrected chi connectivity index (χ1v) is 9.80. The number of hydrogen-bond acceptors (Lipinski definition) is 4. The van der Waals surface area contributed by atoms with Crippen LogP contribution in [0.5, 0.6) is 5.88 Å². The van der Waals surface area contributed by atoms with Gasteiger partial charge in [-0.1, -0.05) is 48.1 Å². The zero-order chi connectivity index (χ0) is 17.6. The fourth-order valence-corrected chi connectivity index (χ4v) is 4.98. The summed E-state index contributed by atoms with van der Waals surface area (Å²) in [5.41, 5.74) is 2.51. The van der Waals surface area contributed by atoms with Gasteiger partial charge in [-0.15, -0.1) is 5.10 Å². The number of nitrogens with one attached hydrogen (secondary N) is 1. The van der Waals surface area contributed by atoms with Crippen LogP contribution in [0.3, 0.4) is 0 Å². The van der Waals surface area contributed by atoms with Crippen LogP contribution < -0.4 is 4.90 Å². The number of quaternary nitrogens is 1. The summed E-state index contributed by atoms with van der Waals surface area (Å²) in [7, 11) is 0. The van der Waals surface area contributed by atoms with Gasteiger partial charge in [-0.25, -0.2) is 4.98 Å². The quantitative estimate of drug-likeness (QED) is 0.757. The number of likely N-dealkylation sites (tertiary alicyclic amines) is 1. The van der Waals surface area contributed by atoms with Crippen LogP contribution in [0.15, 0.2) is 24.3 Å². The molecule has 3 heterocycles. The third-order valence-corrected chi connectivity index (χ3v) is 6.39. The van der Waals surface area contributed by atoms with E-state index in [0.29, 0.717) is 5.82 Å². The molecule has 1 fully saturated rings. The van der Waals surface area contributed by atoms with Gasteiger partial charge < -0.3 is 10.0 Å². The fourth-order valence-electron chi connectivity index (χ4n) is 3.79. The van der Waals surface area contributed by atoms with E-state index in [-0.39, 0.29) is 11.9 Å². The molecule has 1 atom stereocenters. The van der Waals surface area contributed by atoms with Gasteiger partial charge in [0.15, 0.2) is 6.04 Å². The van der Waals surface area contributed by atoms with E-state index in [0.717, 1.165) is 28.8 Å². The first-order valence-electron chi connectivity index (χ1n) is 8.99. The Labute approximate surface area is 151 Å². The molecule has 2 aromatic heterocycles. The van der Waals surface area contributed by atoms with E-state index < -0.39 is 0 Å². The van der Waals surface area contributed by atoms with Gasteiger partial charge in [0.05, 0.1) is 13.1 Å². The third-order valence-electron chi connectivity index (χ3n) is 5.30. The molecule has 0 aliphatic carbocycles. The summed E-state index contributed by atoms with van der Waals surface area (Å²) < 4.78 is 1.59. The van der Waals surface area contributed by atoms with Crippen molar-refractivity contribution in [1.29, 1.82) is 0 Å². The Kier molecular flexibility index (Phi) is 4.25. The minimum absolute atomic E-state index is 0.141. The van der Waals surface area contributed by atoms with Crippen LogP contribution in [0.4, 0.5) is 0 Å². The van der Waals surface area contributed by atoms with Crippen LogP contribution in [-0.4, -0.2) is 32.8 Å². The van der Waals surface area contributed by atoms with E-state index in [1.54, 1.807) is 15.9 Å². The van der Waals surface area contributed by atoms with Gasteiger partial charge >= 0.3 is 0 Å². The number of piperidine rings is 1. The lowest BCUT2D eigenvalue weighted by molar-refractivity contribution is -0.931. The summed E-state index contributed by atoms with van der Waals surface area (Å²) in [5, 5.41) is 15.2. The van der Waals surface area contributed by atoms with E-state index >= 15 is 0 Å². The summed E-state index contributed by atoms with van der Waals surface area (Å²) in [4.78, 5) is 7.72. The van der Waals surface area contributed by atoms with E-state index in [4.69, 9.17) is 0 Å². The molecule has 0 amide bonds. The van der Waals surface area contributed by atoms with Crippen LogP contribution in [0.1, 0.15) is 47.6 Å². The van der Waals surface area contributed by atoms with Gasteiger partial charge in [0.2, 0.25) is 10.8 Å². The molecular weight excluding hydrogens is 332 g/mol. The molecule has 0 spiro atoms. The predicted octanol–water partition coefficient (Wildman–Crippen LogP) is 2.52. The highest BCUT2D eigenvalue weighted by molar-refractivity contribution is 7.17. The molecule has 5 nitrogen and oxygen atoms in total. The molecule has 6 heteroatoms. The Bertz CT molecular complexity index is 875. The molecule has 1 aromatic carbocycles. The molecule has 1 saturated heterocycles. The average molecular weight is 358 g/mol. The lowest BCUT2D eigenvalue weighted by Crippen LogP contribution is -3.13. The SMILES string of the molecule is Cc1ccc([C@H](c2sc3nc(C)nn3c2O)[NH+]2CCC(C)CC2)cc1. The number of aromatic nitrogens is 3. The third kappa shape index (κ3) is 3.04. The first kappa shape index (κ1) is 16.5. The molecule has 1 aliphatic rings. The maximum atomic E-state index is 10.8. The van der Waals surface area contributed by atoms with Crippen molar-refractivity contribution in [1.82, 2.24) is 14.6 Å². The van der Waals surface area contributed by atoms with Crippen molar-refractivity contribution in [2.24, 2.45) is 5.92 Å². The zero-order valence-electron chi connectivity index (χ0n) is 15.0. The van der Waals surface area contributed by atoms with Crippen molar-refractivity contribution >= 4 is 16.3 Å². The van der Waals surface area contributed by atoms with Crippen molar-refractivity contribution in [3.8, 4) is 5.88 Å². The number of hydrogen-bond donors (Lipinski definition) is 2. The molecule has 0 unspecified atom stereocenters. The lowest BCUT2D eigenvalue weighted by Gasteiger charge is -2.33. The monoisotopic (exact) mass is 357 g/mol. The summed E-state index contributed by atoms with van der Waals surface area (Å²) in [6.07, 6.45) is 2.47. The minimum atomic E-state index is 0.141. The molecule has 1 aliphatic heterocycles. The number of aromatic hydroxyl groups is 1. The van der Waals surface area contributed by atoms with E-state index in [1.807, 2.05) is 6.92 Å². The number of rotatable bonds is 3. The highest BCUT2D eigenvalue weighted by Gasteiger charge is 2.34. The van der Waals surface area contributed by atoms with Gasteiger partial charge in [-0.3, -0.25) is 0 Å². The summed E-state index contributed by atoms with van der Waals surface area (Å²) >= 11 is 1.56. The maximum Gasteiger partial charge on any atom is 0.235 e. The largest absolute Gasteiger partial charge is 0.492 e. The summed E-state index contributed by atoms with van der Waals surface area (Å²) in [6.45, 7) is 8.56. The highest BCUT2D eigenvalue weighted by Crippen LogP contribution is 2.35. The smallest absolute Gasteiger partial charge is 0.235 e. The topological polar surface area (TPSA) is 54.9 Å². The number of thiazole rings is 1. The van der Waals surface area contributed by atoms with E-state index in [2.05, 4.69) is 48.2 Å². The van der Waals surface area contributed by atoms with Crippen LogP contribution in [0.25, 0.3) is 4.96 Å². The number of benzene rings is 1. The van der Waals surface area contributed by atoms with Gasteiger partial charge in [0, 0.05) is 5.56 Å². The average Bonchev–Trinajstić information content (AvgIpc) is 3.09. The highest BCUT2D eigenvalue weighted by atomic mass is 32.1. The molecule has 0 saturated carbocycles. The van der Waals surface area contributed by atoms with Crippen molar-refractivity contribution in [3.63, 3.8) is 0 Å². The lowest BCUT2D eigenvalue weighted by atomic mass is 9.95. The van der Waals surface area contributed by atoms with Crippen LogP contribution in [-0.2, 0) is 0 Å². The van der Waals surface area contributed by atoms with Crippen molar-refractivity contribution < 1.29 is 10.0 Å². The summed E-state index contributed by atoms with van der Waals surface area (Å²) in [5.74, 6) is 1.73. The fraction of sp³-hybridized carbons (Fsp3) is 0.474. The first-order chi connectivity index (χ1) is 12.0. The molecule has 132 valence electrons. The van der Waals surface area contributed by atoms with Crippen molar-refractivity contribution in [3.05, 3.63) is 46.1 Å². The molecule has 0 bridgehead atoms.